The molecule has 0 aliphatic rings. The molecule has 0 amide bonds. The highest BCUT2D eigenvalue weighted by Gasteiger charge is 2.38. The molecule has 1 heterocycles. The Bertz CT molecular complexity index is 2050. The van der Waals surface area contributed by atoms with Crippen LogP contribution in [0.1, 0.15) is 0 Å². The Kier molecular flexibility index (Phi) is 7.81. The lowest BCUT2D eigenvalue weighted by molar-refractivity contribution is 0.355. The van der Waals surface area contributed by atoms with Crippen molar-refractivity contribution in [1.29, 1.82) is 0 Å². The molecule has 5 rings (SSSR count). The van der Waals surface area contributed by atoms with Crippen molar-refractivity contribution < 1.29 is 75.3 Å². The molecule has 5 aromatic rings. The number of methoxy groups -OCH3 is 2. The maximum Gasteiger partial charge on any atom is 0.200 e. The van der Waals surface area contributed by atoms with Gasteiger partial charge in [-0.1, -0.05) is 0 Å². The molecule has 1 N–H and O–H groups in total. The third kappa shape index (κ3) is 4.18. The summed E-state index contributed by atoms with van der Waals surface area (Å²) >= 11 is 0. The first-order valence-corrected chi connectivity index (χ1v) is 11.9. The number of fused-ring (bicyclic) bond motifs is 1. The van der Waals surface area contributed by atoms with Crippen LogP contribution in [0.25, 0.3) is 44.3 Å². The van der Waals surface area contributed by atoms with E-state index in [4.69, 9.17) is 9.47 Å². The highest BCUT2D eigenvalue weighted by atomic mass is 19.2. The lowest BCUT2D eigenvalue weighted by atomic mass is 9.89. The molecule has 242 valence electrons. The van der Waals surface area contributed by atoms with Crippen LogP contribution >= 0.6 is 0 Å². The fourth-order valence-electron chi connectivity index (χ4n) is 4.89. The van der Waals surface area contributed by atoms with Gasteiger partial charge < -0.3 is 14.5 Å². The normalized spacial score (nSPS) is 11.6. The molecular formula is C28H8F15NO2. The van der Waals surface area contributed by atoms with E-state index in [-0.39, 0.29) is 6.20 Å². The molecule has 0 atom stereocenters. The molecule has 4 aromatic carbocycles. The van der Waals surface area contributed by atoms with Crippen molar-refractivity contribution in [3.8, 4) is 44.9 Å². The summed E-state index contributed by atoms with van der Waals surface area (Å²) in [5.41, 5.74) is -11.2. The topological polar surface area (TPSA) is 34.2 Å². The minimum absolute atomic E-state index is 0.285. The van der Waals surface area contributed by atoms with Crippen molar-refractivity contribution in [2.75, 3.05) is 14.2 Å². The average Bonchev–Trinajstić information content (AvgIpc) is 3.47. The first-order valence-electron chi connectivity index (χ1n) is 11.9. The Labute approximate surface area is 244 Å². The minimum Gasteiger partial charge on any atom is -0.492 e. The van der Waals surface area contributed by atoms with Gasteiger partial charge in [0.2, 0.25) is 17.5 Å². The molecule has 0 bridgehead atoms. The van der Waals surface area contributed by atoms with E-state index in [2.05, 4.69) is 0 Å². The summed E-state index contributed by atoms with van der Waals surface area (Å²) in [6, 6.07) is 0. The molecule has 0 saturated carbocycles. The van der Waals surface area contributed by atoms with Gasteiger partial charge in [0.25, 0.3) is 0 Å². The van der Waals surface area contributed by atoms with E-state index in [1.54, 1.807) is 0 Å². The van der Waals surface area contributed by atoms with Crippen LogP contribution in [0.5, 0.6) is 11.5 Å². The summed E-state index contributed by atoms with van der Waals surface area (Å²) in [5, 5.41) is -1.36. The lowest BCUT2D eigenvalue weighted by Crippen LogP contribution is -2.09. The third-order valence-electron chi connectivity index (χ3n) is 6.85. The molecule has 46 heavy (non-hydrogen) atoms. The van der Waals surface area contributed by atoms with E-state index in [0.29, 0.717) is 14.2 Å². The first-order chi connectivity index (χ1) is 21.5. The maximum atomic E-state index is 15.2. The third-order valence-corrected chi connectivity index (χ3v) is 6.85. The van der Waals surface area contributed by atoms with Gasteiger partial charge in [-0.25, -0.2) is 65.9 Å². The second-order valence-electron chi connectivity index (χ2n) is 9.10. The van der Waals surface area contributed by atoms with Crippen LogP contribution in [0.4, 0.5) is 65.9 Å². The largest absolute Gasteiger partial charge is 0.492 e. The number of H-pyrrole nitrogens is 1. The highest BCUT2D eigenvalue weighted by Crippen LogP contribution is 2.55. The quantitative estimate of drug-likeness (QED) is 0.115. The van der Waals surface area contributed by atoms with Crippen LogP contribution in [0.3, 0.4) is 0 Å². The van der Waals surface area contributed by atoms with Crippen molar-refractivity contribution in [3.05, 3.63) is 93.5 Å². The van der Waals surface area contributed by atoms with E-state index in [0.717, 1.165) is 0 Å². The molecule has 0 aliphatic heterocycles. The Morgan fingerprint density at radius 3 is 1.00 bits per heavy atom. The van der Waals surface area contributed by atoms with Crippen molar-refractivity contribution in [2.24, 2.45) is 0 Å². The monoisotopic (exact) mass is 675 g/mol. The standard InChI is InChI=1S/C28H8F15NO2/c1-45-27-7(8-13(31)19(37)24(42)20(38)14(8)32)5-4(6-11(29)17(35)23(41)18(36)12(6)30)3-44-26(5)10(28(27)46-2)9-15(33)21(39)25(43)22(40)16(9)34/h3,44H,1-2H3. The predicted octanol–water partition coefficient (Wildman–Crippen LogP) is 9.27. The van der Waals surface area contributed by atoms with Crippen molar-refractivity contribution >= 4 is 10.9 Å². The number of ether oxygens (including phenoxy) is 2. The molecule has 18 heteroatoms. The molecule has 0 fully saturated rings. The minimum atomic E-state index is -2.71. The molecule has 0 unspecified atom stereocenters. The first kappa shape index (κ1) is 32.4. The Balaban J connectivity index is 2.18. The second-order valence-corrected chi connectivity index (χ2v) is 9.10. The van der Waals surface area contributed by atoms with Gasteiger partial charge in [-0.15, -0.1) is 0 Å². The Morgan fingerprint density at radius 1 is 0.370 bits per heavy atom. The van der Waals surface area contributed by atoms with Gasteiger partial charge in [-0.2, -0.15) is 0 Å². The van der Waals surface area contributed by atoms with E-state index in [1.807, 2.05) is 4.98 Å². The number of halogens is 15. The van der Waals surface area contributed by atoms with E-state index >= 15 is 26.3 Å². The summed E-state index contributed by atoms with van der Waals surface area (Å²) < 4.78 is 228. The summed E-state index contributed by atoms with van der Waals surface area (Å²) in [4.78, 5) is 2.00. The van der Waals surface area contributed by atoms with Crippen molar-refractivity contribution in [3.63, 3.8) is 0 Å². The van der Waals surface area contributed by atoms with Crippen LogP contribution in [-0.2, 0) is 0 Å². The molecular weight excluding hydrogens is 667 g/mol. The number of hydrogen-bond donors (Lipinski definition) is 1. The van der Waals surface area contributed by atoms with Crippen molar-refractivity contribution in [1.82, 2.24) is 4.98 Å². The molecule has 0 aliphatic carbocycles. The Morgan fingerprint density at radius 2 is 0.652 bits per heavy atom. The van der Waals surface area contributed by atoms with E-state index in [9.17, 15) is 39.5 Å². The average molecular weight is 675 g/mol. The zero-order valence-corrected chi connectivity index (χ0v) is 22.1. The van der Waals surface area contributed by atoms with E-state index < -0.39 is 143 Å². The summed E-state index contributed by atoms with van der Waals surface area (Å²) in [6.07, 6.45) is 0.285. The van der Waals surface area contributed by atoms with Gasteiger partial charge in [-0.3, -0.25) is 0 Å². The summed E-state index contributed by atoms with van der Waals surface area (Å²) in [6.45, 7) is 0. The van der Waals surface area contributed by atoms with Gasteiger partial charge in [0.05, 0.1) is 42.0 Å². The number of rotatable bonds is 5. The van der Waals surface area contributed by atoms with Gasteiger partial charge in [0, 0.05) is 22.7 Å². The van der Waals surface area contributed by atoms with Crippen molar-refractivity contribution in [2.45, 2.75) is 0 Å². The van der Waals surface area contributed by atoms with Gasteiger partial charge in [-0.05, 0) is 0 Å². The number of aromatic amines is 1. The van der Waals surface area contributed by atoms with Crippen LogP contribution in [0.15, 0.2) is 6.20 Å². The fraction of sp³-hybridized carbons (Fsp3) is 0.0714. The molecule has 1 aromatic heterocycles. The lowest BCUT2D eigenvalue weighted by Gasteiger charge is -2.21. The zero-order chi connectivity index (χ0) is 34.3. The van der Waals surface area contributed by atoms with E-state index in [1.165, 1.54) is 0 Å². The zero-order valence-electron chi connectivity index (χ0n) is 22.1. The SMILES string of the molecule is COc1c(OC)c(-c2c(F)c(F)c(F)c(F)c2F)c2c(-c3c(F)c(F)c(F)c(F)c3F)c[nH]c2c1-c1c(F)c(F)c(F)c(F)c1F. The molecule has 0 saturated heterocycles. The van der Waals surface area contributed by atoms with Crippen LogP contribution in [0.2, 0.25) is 0 Å². The fourth-order valence-corrected chi connectivity index (χ4v) is 4.89. The van der Waals surface area contributed by atoms with Crippen LogP contribution in [-0.4, -0.2) is 19.2 Å². The molecule has 0 radical (unpaired) electrons. The summed E-state index contributed by atoms with van der Waals surface area (Å²) in [5.74, 6) is -42.0. The predicted molar refractivity (Wildman–Crippen MR) is 127 cm³/mol. The van der Waals surface area contributed by atoms with Gasteiger partial charge >= 0.3 is 0 Å². The summed E-state index contributed by atoms with van der Waals surface area (Å²) in [7, 11) is 1.20. The number of benzene rings is 4. The van der Waals surface area contributed by atoms with Crippen LogP contribution < -0.4 is 9.47 Å². The highest BCUT2D eigenvalue weighted by molar-refractivity contribution is 6.15. The second kappa shape index (κ2) is 11.1. The maximum absolute atomic E-state index is 15.2. The number of aromatic nitrogens is 1. The smallest absolute Gasteiger partial charge is 0.200 e. The van der Waals surface area contributed by atoms with Gasteiger partial charge in [0.1, 0.15) is 0 Å². The number of hydrogen-bond acceptors (Lipinski definition) is 2. The molecule has 0 spiro atoms. The Hall–Kier alpha value is -5.03. The van der Waals surface area contributed by atoms with Crippen LogP contribution in [0, 0.1) is 87.3 Å². The molecule has 3 nitrogen and oxygen atoms in total. The van der Waals surface area contributed by atoms with Gasteiger partial charge in [0.15, 0.2) is 81.3 Å². The number of nitrogens with one attached hydrogen (secondary N) is 1.